The fourth-order valence-electron chi connectivity index (χ4n) is 2.60. The third kappa shape index (κ3) is 4.23. The summed E-state index contributed by atoms with van der Waals surface area (Å²) in [6, 6.07) is 9.83. The van der Waals surface area contributed by atoms with E-state index in [0.717, 1.165) is 0 Å². The van der Waals surface area contributed by atoms with Gasteiger partial charge in [0, 0.05) is 5.69 Å². The van der Waals surface area contributed by atoms with Crippen LogP contribution in [0.3, 0.4) is 0 Å². The van der Waals surface area contributed by atoms with Crippen LogP contribution in [0.2, 0.25) is 0 Å². The van der Waals surface area contributed by atoms with E-state index in [2.05, 4.69) is 10.4 Å². The zero-order valence-corrected chi connectivity index (χ0v) is 15.9. The fraction of sp³-hybridized carbons (Fsp3) is 0.167. The van der Waals surface area contributed by atoms with Crippen molar-refractivity contribution in [2.75, 3.05) is 5.32 Å². The van der Waals surface area contributed by atoms with Crippen molar-refractivity contribution in [2.24, 2.45) is 0 Å². The predicted molar refractivity (Wildman–Crippen MR) is 103 cm³/mol. The average molecular weight is 400 g/mol. The van der Waals surface area contributed by atoms with Crippen LogP contribution in [-0.4, -0.2) is 26.6 Å². The van der Waals surface area contributed by atoms with E-state index in [1.807, 2.05) is 5.38 Å². The van der Waals surface area contributed by atoms with E-state index in [1.54, 1.807) is 36.4 Å². The quantitative estimate of drug-likeness (QED) is 0.294. The van der Waals surface area contributed by atoms with Crippen LogP contribution in [0.5, 0.6) is 5.75 Å². The predicted octanol–water partition coefficient (Wildman–Crippen LogP) is 3.33. The number of aryl methyl sites for hydroxylation is 1. The van der Waals surface area contributed by atoms with Gasteiger partial charge in [0.2, 0.25) is 0 Å². The number of nitrogens with one attached hydrogen (secondary N) is 1. The number of nitro groups is 1. The lowest BCUT2D eigenvalue weighted by atomic mass is 10.3. The Morgan fingerprint density at radius 1 is 1.25 bits per heavy atom. The summed E-state index contributed by atoms with van der Waals surface area (Å²) in [6.07, 6.45) is 0. The largest absolute Gasteiger partial charge is 0.425 e. The van der Waals surface area contributed by atoms with E-state index in [-0.39, 0.29) is 35.3 Å². The van der Waals surface area contributed by atoms with Gasteiger partial charge in [-0.2, -0.15) is 5.10 Å². The molecule has 0 bridgehead atoms. The van der Waals surface area contributed by atoms with Crippen molar-refractivity contribution in [1.82, 2.24) is 9.78 Å². The highest BCUT2D eigenvalue weighted by molar-refractivity contribution is 7.12. The van der Waals surface area contributed by atoms with Crippen LogP contribution in [0.1, 0.15) is 21.1 Å². The molecule has 0 atom stereocenters. The number of hydrogen-bond donors (Lipinski definition) is 1. The van der Waals surface area contributed by atoms with Gasteiger partial charge in [0.05, 0.1) is 9.80 Å². The highest BCUT2D eigenvalue weighted by Crippen LogP contribution is 2.22. The van der Waals surface area contributed by atoms with E-state index >= 15 is 0 Å². The molecule has 2 aromatic heterocycles. The molecule has 9 nitrogen and oxygen atoms in total. The van der Waals surface area contributed by atoms with Crippen LogP contribution in [0, 0.1) is 24.0 Å². The highest BCUT2D eigenvalue weighted by Gasteiger charge is 2.23. The molecular weight excluding hydrogens is 384 g/mol. The van der Waals surface area contributed by atoms with Gasteiger partial charge in [-0.1, -0.05) is 6.07 Å². The molecule has 2 heterocycles. The lowest BCUT2D eigenvalue weighted by Crippen LogP contribution is -2.18. The van der Waals surface area contributed by atoms with Crippen molar-refractivity contribution in [1.29, 1.82) is 0 Å². The molecule has 0 saturated carbocycles. The number of thiophene rings is 1. The van der Waals surface area contributed by atoms with E-state index in [1.165, 1.54) is 29.9 Å². The molecule has 0 radical (unpaired) electrons. The zero-order valence-electron chi connectivity index (χ0n) is 15.0. The topological polar surface area (TPSA) is 116 Å². The van der Waals surface area contributed by atoms with Gasteiger partial charge in [0.25, 0.3) is 5.91 Å². The molecule has 28 heavy (non-hydrogen) atoms. The van der Waals surface area contributed by atoms with E-state index in [0.29, 0.717) is 10.6 Å². The highest BCUT2D eigenvalue weighted by atomic mass is 32.1. The Bertz CT molecular complexity index is 1030. The minimum absolute atomic E-state index is 0.112. The van der Waals surface area contributed by atoms with Crippen molar-refractivity contribution in [3.05, 3.63) is 68.2 Å². The number of carbonyl (C=O) groups excluding carboxylic acids is 2. The Morgan fingerprint density at radius 3 is 2.54 bits per heavy atom. The standard InChI is InChI=1S/C18H16N4O5S/c1-11-17(22(25)26)12(2)21(20-11)10-16(23)27-14-7-5-13(6-8-14)19-18(24)15-4-3-9-28-15/h3-9H,10H2,1-2H3,(H,19,24). The molecule has 144 valence electrons. The molecule has 0 saturated heterocycles. The SMILES string of the molecule is Cc1nn(CC(=O)Oc2ccc(NC(=O)c3cccs3)cc2)c(C)c1[N+](=O)[O-]. The number of rotatable bonds is 6. The lowest BCUT2D eigenvalue weighted by molar-refractivity contribution is -0.386. The molecule has 0 aliphatic carbocycles. The normalized spacial score (nSPS) is 10.5. The van der Waals surface area contributed by atoms with Crippen molar-refractivity contribution in [2.45, 2.75) is 20.4 Å². The monoisotopic (exact) mass is 400 g/mol. The molecule has 1 amide bonds. The summed E-state index contributed by atoms with van der Waals surface area (Å²) in [5, 5.41) is 19.6. The first kappa shape index (κ1) is 19.2. The van der Waals surface area contributed by atoms with Gasteiger partial charge >= 0.3 is 11.7 Å². The van der Waals surface area contributed by atoms with E-state index in [9.17, 15) is 19.7 Å². The zero-order chi connectivity index (χ0) is 20.3. The number of carbonyl (C=O) groups is 2. The Balaban J connectivity index is 1.61. The second-order valence-electron chi connectivity index (χ2n) is 5.86. The maximum atomic E-state index is 12.1. The maximum Gasteiger partial charge on any atom is 0.333 e. The first-order valence-electron chi connectivity index (χ1n) is 8.19. The summed E-state index contributed by atoms with van der Waals surface area (Å²) in [5.74, 6) is -0.545. The van der Waals surface area contributed by atoms with Crippen molar-refractivity contribution in [3.63, 3.8) is 0 Å². The summed E-state index contributed by atoms with van der Waals surface area (Å²) in [4.78, 5) is 35.2. The molecule has 3 aromatic rings. The number of benzene rings is 1. The van der Waals surface area contributed by atoms with Crippen LogP contribution in [0.4, 0.5) is 11.4 Å². The Labute approximate surface area is 163 Å². The molecular formula is C18H16N4O5S. The molecule has 0 aliphatic heterocycles. The summed E-state index contributed by atoms with van der Waals surface area (Å²) in [7, 11) is 0. The number of amides is 1. The molecule has 1 N–H and O–H groups in total. The number of esters is 1. The molecule has 3 rings (SSSR count). The van der Waals surface area contributed by atoms with Gasteiger partial charge < -0.3 is 10.1 Å². The van der Waals surface area contributed by atoms with Gasteiger partial charge in [0.1, 0.15) is 23.7 Å². The number of anilines is 1. The fourth-order valence-corrected chi connectivity index (χ4v) is 3.22. The Hall–Kier alpha value is -3.53. The number of hydrogen-bond acceptors (Lipinski definition) is 7. The smallest absolute Gasteiger partial charge is 0.333 e. The molecule has 0 spiro atoms. The average Bonchev–Trinajstić information content (AvgIpc) is 3.25. The third-order valence-corrected chi connectivity index (χ3v) is 4.76. The van der Waals surface area contributed by atoms with E-state index < -0.39 is 10.9 Å². The minimum atomic E-state index is -0.615. The number of ether oxygens (including phenoxy) is 1. The Kier molecular flexibility index (Phi) is 5.50. The second-order valence-corrected chi connectivity index (χ2v) is 6.81. The van der Waals surface area contributed by atoms with Gasteiger partial charge in [0.15, 0.2) is 0 Å². The van der Waals surface area contributed by atoms with Crippen LogP contribution in [0.25, 0.3) is 0 Å². The molecule has 0 unspecified atom stereocenters. The van der Waals surface area contributed by atoms with Gasteiger partial charge in [-0.05, 0) is 49.6 Å². The van der Waals surface area contributed by atoms with Crippen LogP contribution < -0.4 is 10.1 Å². The Morgan fingerprint density at radius 2 is 1.96 bits per heavy atom. The van der Waals surface area contributed by atoms with Crippen molar-refractivity contribution in [3.8, 4) is 5.75 Å². The molecule has 1 aromatic carbocycles. The molecule has 10 heteroatoms. The molecule has 0 fully saturated rings. The number of aromatic nitrogens is 2. The molecule has 0 aliphatic rings. The van der Waals surface area contributed by atoms with Crippen LogP contribution >= 0.6 is 11.3 Å². The summed E-state index contributed by atoms with van der Waals surface area (Å²) in [6.45, 7) is 2.78. The summed E-state index contributed by atoms with van der Waals surface area (Å²) >= 11 is 1.34. The number of nitrogens with zero attached hydrogens (tertiary/aromatic N) is 3. The van der Waals surface area contributed by atoms with Crippen LogP contribution in [-0.2, 0) is 11.3 Å². The third-order valence-electron chi connectivity index (χ3n) is 3.89. The van der Waals surface area contributed by atoms with Crippen LogP contribution in [0.15, 0.2) is 41.8 Å². The first-order valence-corrected chi connectivity index (χ1v) is 9.07. The van der Waals surface area contributed by atoms with E-state index in [4.69, 9.17) is 4.74 Å². The second kappa shape index (κ2) is 8.01. The maximum absolute atomic E-state index is 12.1. The van der Waals surface area contributed by atoms with Crippen molar-refractivity contribution < 1.29 is 19.2 Å². The minimum Gasteiger partial charge on any atom is -0.425 e. The summed E-state index contributed by atoms with van der Waals surface area (Å²) in [5.41, 5.74) is 0.971. The van der Waals surface area contributed by atoms with Gasteiger partial charge in [-0.3, -0.25) is 19.6 Å². The lowest BCUT2D eigenvalue weighted by Gasteiger charge is -2.07. The first-order chi connectivity index (χ1) is 13.3. The summed E-state index contributed by atoms with van der Waals surface area (Å²) < 4.78 is 6.48. The van der Waals surface area contributed by atoms with Crippen molar-refractivity contribution >= 4 is 34.6 Å². The van der Waals surface area contributed by atoms with Gasteiger partial charge in [-0.15, -0.1) is 11.3 Å². The van der Waals surface area contributed by atoms with Gasteiger partial charge in [-0.25, -0.2) is 4.79 Å².